The molecule has 0 aliphatic heterocycles. The Labute approximate surface area is 63.7 Å². The van der Waals surface area contributed by atoms with E-state index >= 15 is 0 Å². The lowest BCUT2D eigenvalue weighted by atomic mass is 10.5. The maximum Gasteiger partial charge on any atom is 0.440 e. The minimum atomic E-state index is -3.45. The first-order valence-electron chi connectivity index (χ1n) is 2.37. The first-order chi connectivity index (χ1) is 4.12. The molecule has 0 aromatic heterocycles. The Bertz CT molecular complexity index is 118. The summed E-state index contributed by atoms with van der Waals surface area (Å²) in [7, 11) is 0. The topological polar surface area (TPSA) is 35.5 Å². The van der Waals surface area contributed by atoms with Crippen LogP contribution >= 0.6 is 30.1 Å². The van der Waals surface area contributed by atoms with Gasteiger partial charge in [0, 0.05) is 11.2 Å². The van der Waals surface area contributed by atoms with Gasteiger partial charge in [-0.05, 0) is 6.42 Å². The molecule has 0 radical (unpaired) electrons. The fraction of sp³-hybridized carbons (Fsp3) is 1.00. The van der Waals surface area contributed by atoms with Crippen LogP contribution in [0.1, 0.15) is 13.3 Å². The summed E-state index contributed by atoms with van der Waals surface area (Å²) in [5.41, 5.74) is 0. The summed E-state index contributed by atoms with van der Waals surface area (Å²) in [4.78, 5) is 0. The molecule has 0 bridgehead atoms. The lowest BCUT2D eigenvalue weighted by Gasteiger charge is -2.03. The van der Waals surface area contributed by atoms with Gasteiger partial charge in [0.1, 0.15) is 0 Å². The third kappa shape index (κ3) is 5.19. The number of hydrogen-bond donors (Lipinski definition) is 0. The van der Waals surface area contributed by atoms with E-state index in [1.807, 2.05) is 6.92 Å². The van der Waals surface area contributed by atoms with Crippen LogP contribution in [0.4, 0.5) is 0 Å². The zero-order valence-corrected chi connectivity index (χ0v) is 7.25. The highest BCUT2D eigenvalue weighted by molar-refractivity contribution is 7.81. The fourth-order valence-corrected chi connectivity index (χ4v) is 0.987. The highest BCUT2D eigenvalue weighted by Gasteiger charge is 2.18. The van der Waals surface area contributed by atoms with Gasteiger partial charge in [0.05, 0.1) is 18.5 Å². The minimum Gasteiger partial charge on any atom is -0.296 e. The van der Waals surface area contributed by atoms with Crippen molar-refractivity contribution in [2.24, 2.45) is 0 Å². The van der Waals surface area contributed by atoms with Gasteiger partial charge >= 0.3 is 6.95 Å². The van der Waals surface area contributed by atoms with Gasteiger partial charge in [-0.1, -0.05) is 6.92 Å². The molecule has 0 saturated heterocycles. The van der Waals surface area contributed by atoms with E-state index in [1.54, 1.807) is 0 Å². The third-order valence-corrected chi connectivity index (χ3v) is 2.44. The second kappa shape index (κ2) is 4.53. The molecular formula is C3H7Cl2O3P. The van der Waals surface area contributed by atoms with Crippen LogP contribution in [0.25, 0.3) is 0 Å². The van der Waals surface area contributed by atoms with Crippen molar-refractivity contribution in [3.63, 3.8) is 0 Å². The Hall–Kier alpha value is 0.730. The molecule has 0 aliphatic rings. The van der Waals surface area contributed by atoms with Crippen molar-refractivity contribution < 1.29 is 13.2 Å². The smallest absolute Gasteiger partial charge is 0.296 e. The standard InChI is InChI=1S/C3H7Cl2O3P/c1-2-3-7-9(5,6)8-4/h2-3H2,1H3. The molecule has 3 nitrogen and oxygen atoms in total. The Morgan fingerprint density at radius 1 is 1.67 bits per heavy atom. The van der Waals surface area contributed by atoms with Gasteiger partial charge in [-0.2, -0.15) is 4.08 Å². The Morgan fingerprint density at radius 2 is 2.22 bits per heavy atom. The summed E-state index contributed by atoms with van der Waals surface area (Å²) in [5, 5.41) is 0. The van der Waals surface area contributed by atoms with Crippen LogP contribution in [-0.4, -0.2) is 6.61 Å². The molecule has 0 spiro atoms. The van der Waals surface area contributed by atoms with Crippen molar-refractivity contribution in [1.82, 2.24) is 0 Å². The predicted octanol–water partition coefficient (Wildman–Crippen LogP) is 2.93. The Kier molecular flexibility index (Phi) is 4.90. The molecule has 0 saturated carbocycles. The van der Waals surface area contributed by atoms with Crippen molar-refractivity contribution in [3.8, 4) is 0 Å². The molecule has 0 fully saturated rings. The lowest BCUT2D eigenvalue weighted by molar-refractivity contribution is 0.284. The number of rotatable bonds is 4. The van der Waals surface area contributed by atoms with E-state index < -0.39 is 6.95 Å². The molecule has 0 rings (SSSR count). The maximum absolute atomic E-state index is 10.5. The first-order valence-corrected chi connectivity index (χ1v) is 5.12. The Balaban J connectivity index is 3.46. The lowest BCUT2D eigenvalue weighted by Crippen LogP contribution is -1.85. The molecule has 56 valence electrons. The molecule has 6 heteroatoms. The summed E-state index contributed by atoms with van der Waals surface area (Å²) in [6, 6.07) is 0. The van der Waals surface area contributed by atoms with Crippen molar-refractivity contribution in [2.75, 3.05) is 6.61 Å². The van der Waals surface area contributed by atoms with Gasteiger partial charge in [0.25, 0.3) is 0 Å². The molecular weight excluding hydrogens is 186 g/mol. The van der Waals surface area contributed by atoms with Crippen molar-refractivity contribution in [1.29, 1.82) is 0 Å². The summed E-state index contributed by atoms with van der Waals surface area (Å²) in [5.74, 6) is 0. The quantitative estimate of drug-likeness (QED) is 0.643. The van der Waals surface area contributed by atoms with E-state index in [4.69, 9.17) is 23.1 Å². The molecule has 0 heterocycles. The number of hydrogen-bond acceptors (Lipinski definition) is 3. The SMILES string of the molecule is CCCOP(=O)(Cl)OCl. The van der Waals surface area contributed by atoms with Gasteiger partial charge in [-0.25, -0.2) is 4.57 Å². The maximum atomic E-state index is 10.5. The van der Waals surface area contributed by atoms with Crippen LogP contribution < -0.4 is 0 Å². The molecule has 0 aromatic carbocycles. The van der Waals surface area contributed by atoms with E-state index in [-0.39, 0.29) is 6.61 Å². The molecule has 1 atom stereocenters. The molecule has 0 amide bonds. The average molecular weight is 193 g/mol. The zero-order chi connectivity index (χ0) is 7.33. The van der Waals surface area contributed by atoms with Gasteiger partial charge < -0.3 is 0 Å². The molecule has 0 aromatic rings. The van der Waals surface area contributed by atoms with E-state index in [2.05, 4.69) is 8.60 Å². The second-order valence-electron chi connectivity index (χ2n) is 1.33. The van der Waals surface area contributed by atoms with Crippen LogP contribution in [0.3, 0.4) is 0 Å². The Morgan fingerprint density at radius 3 is 2.56 bits per heavy atom. The molecule has 0 N–H and O–H groups in total. The van der Waals surface area contributed by atoms with Crippen molar-refractivity contribution in [2.45, 2.75) is 13.3 Å². The third-order valence-electron chi connectivity index (χ3n) is 0.532. The van der Waals surface area contributed by atoms with Gasteiger partial charge in [0.2, 0.25) is 0 Å². The van der Waals surface area contributed by atoms with Crippen LogP contribution in [0.15, 0.2) is 0 Å². The molecule has 0 aliphatic carbocycles. The minimum absolute atomic E-state index is 0.285. The van der Waals surface area contributed by atoms with E-state index in [0.29, 0.717) is 0 Å². The molecule has 1 unspecified atom stereocenters. The highest BCUT2D eigenvalue weighted by atomic mass is 35.7. The first kappa shape index (κ1) is 9.73. The van der Waals surface area contributed by atoms with Crippen LogP contribution in [0, 0.1) is 0 Å². The monoisotopic (exact) mass is 192 g/mol. The zero-order valence-electron chi connectivity index (χ0n) is 4.84. The van der Waals surface area contributed by atoms with Gasteiger partial charge in [-0.3, -0.25) is 4.52 Å². The van der Waals surface area contributed by atoms with Gasteiger partial charge in [-0.15, -0.1) is 0 Å². The predicted molar refractivity (Wildman–Crippen MR) is 36.6 cm³/mol. The summed E-state index contributed by atoms with van der Waals surface area (Å²) < 4.78 is 18.8. The van der Waals surface area contributed by atoms with Crippen LogP contribution in [0.5, 0.6) is 0 Å². The molecule has 9 heavy (non-hydrogen) atoms. The summed E-state index contributed by atoms with van der Waals surface area (Å²) in [6.07, 6.45) is 0.719. The second-order valence-corrected chi connectivity index (χ2v) is 4.25. The van der Waals surface area contributed by atoms with E-state index in [0.717, 1.165) is 6.42 Å². The van der Waals surface area contributed by atoms with Crippen LogP contribution in [0.2, 0.25) is 0 Å². The highest BCUT2D eigenvalue weighted by Crippen LogP contribution is 2.54. The summed E-state index contributed by atoms with van der Waals surface area (Å²) >= 11 is 9.79. The van der Waals surface area contributed by atoms with E-state index in [1.165, 1.54) is 0 Å². The van der Waals surface area contributed by atoms with Crippen LogP contribution in [-0.2, 0) is 13.2 Å². The summed E-state index contributed by atoms with van der Waals surface area (Å²) in [6.45, 7) is -1.31. The normalized spacial score (nSPS) is 17.2. The average Bonchev–Trinajstić information content (AvgIpc) is 1.84. The largest absolute Gasteiger partial charge is 0.440 e. The van der Waals surface area contributed by atoms with E-state index in [9.17, 15) is 4.57 Å². The van der Waals surface area contributed by atoms with Crippen molar-refractivity contribution >= 4 is 30.1 Å². The number of halogens is 2. The van der Waals surface area contributed by atoms with Gasteiger partial charge in [0.15, 0.2) is 0 Å². The van der Waals surface area contributed by atoms with Crippen molar-refractivity contribution in [3.05, 3.63) is 0 Å². The fourth-order valence-electron chi connectivity index (χ4n) is 0.220.